The van der Waals surface area contributed by atoms with Gasteiger partial charge in [0.1, 0.15) is 0 Å². The lowest BCUT2D eigenvalue weighted by atomic mass is 10.4. The minimum absolute atomic E-state index is 0.180. The van der Waals surface area contributed by atoms with Crippen molar-refractivity contribution < 1.29 is 4.79 Å². The molecule has 76 valence electrons. The van der Waals surface area contributed by atoms with Crippen molar-refractivity contribution in [1.82, 2.24) is 16.2 Å². The predicted octanol–water partition coefficient (Wildman–Crippen LogP) is 0.795. The molecular formula is C8H11N3OS2. The van der Waals surface area contributed by atoms with Gasteiger partial charge in [0.2, 0.25) is 0 Å². The van der Waals surface area contributed by atoms with E-state index in [4.69, 9.17) is 12.2 Å². The lowest BCUT2D eigenvalue weighted by molar-refractivity contribution is 0.0948. The van der Waals surface area contributed by atoms with Crippen LogP contribution >= 0.6 is 23.6 Å². The van der Waals surface area contributed by atoms with Crippen LogP contribution in [0.25, 0.3) is 0 Å². The SMILES string of the molecule is CNC(=S)NNC(=O)c1ccc(C)s1. The molecule has 0 fully saturated rings. The third-order valence-corrected chi connectivity index (χ3v) is 2.79. The Morgan fingerprint density at radius 3 is 2.64 bits per heavy atom. The van der Waals surface area contributed by atoms with Gasteiger partial charge < -0.3 is 5.32 Å². The van der Waals surface area contributed by atoms with E-state index in [9.17, 15) is 4.79 Å². The highest BCUT2D eigenvalue weighted by atomic mass is 32.1. The van der Waals surface area contributed by atoms with Crippen molar-refractivity contribution in [3.05, 3.63) is 21.9 Å². The fourth-order valence-corrected chi connectivity index (χ4v) is 1.61. The van der Waals surface area contributed by atoms with Crippen LogP contribution < -0.4 is 16.2 Å². The molecule has 0 atom stereocenters. The van der Waals surface area contributed by atoms with Crippen LogP contribution in [0.3, 0.4) is 0 Å². The maximum absolute atomic E-state index is 11.4. The summed E-state index contributed by atoms with van der Waals surface area (Å²) in [5.74, 6) is -0.180. The summed E-state index contributed by atoms with van der Waals surface area (Å²) in [4.78, 5) is 13.2. The van der Waals surface area contributed by atoms with Crippen molar-refractivity contribution in [3.8, 4) is 0 Å². The Morgan fingerprint density at radius 1 is 1.43 bits per heavy atom. The summed E-state index contributed by atoms with van der Waals surface area (Å²) in [6.45, 7) is 1.95. The molecule has 0 aliphatic carbocycles. The maximum atomic E-state index is 11.4. The van der Waals surface area contributed by atoms with Crippen LogP contribution in [0.5, 0.6) is 0 Å². The van der Waals surface area contributed by atoms with Gasteiger partial charge >= 0.3 is 0 Å². The van der Waals surface area contributed by atoms with Crippen molar-refractivity contribution >= 4 is 34.6 Å². The second-order valence-electron chi connectivity index (χ2n) is 2.57. The van der Waals surface area contributed by atoms with Crippen LogP contribution in [-0.2, 0) is 0 Å². The summed E-state index contributed by atoms with van der Waals surface area (Å²) in [6, 6.07) is 3.68. The number of thiophene rings is 1. The largest absolute Gasteiger partial charge is 0.364 e. The number of hydrazine groups is 1. The van der Waals surface area contributed by atoms with E-state index in [1.165, 1.54) is 11.3 Å². The highest BCUT2D eigenvalue weighted by Crippen LogP contribution is 2.14. The molecule has 1 amide bonds. The fourth-order valence-electron chi connectivity index (χ4n) is 0.794. The van der Waals surface area contributed by atoms with Gasteiger partial charge in [0.25, 0.3) is 5.91 Å². The normalized spacial score (nSPS) is 9.29. The van der Waals surface area contributed by atoms with Gasteiger partial charge in [-0.1, -0.05) is 0 Å². The molecule has 0 aliphatic rings. The van der Waals surface area contributed by atoms with Crippen molar-refractivity contribution in [3.63, 3.8) is 0 Å². The van der Waals surface area contributed by atoms with Crippen molar-refractivity contribution in [2.24, 2.45) is 0 Å². The van der Waals surface area contributed by atoms with Gasteiger partial charge in [-0.3, -0.25) is 15.6 Å². The Labute approximate surface area is 91.7 Å². The van der Waals surface area contributed by atoms with E-state index in [2.05, 4.69) is 16.2 Å². The van der Waals surface area contributed by atoms with Crippen LogP contribution in [0.2, 0.25) is 0 Å². The minimum Gasteiger partial charge on any atom is -0.364 e. The number of nitrogens with one attached hydrogen (secondary N) is 3. The lowest BCUT2D eigenvalue weighted by Crippen LogP contribution is -2.45. The Hall–Kier alpha value is -1.14. The number of hydrogen-bond acceptors (Lipinski definition) is 3. The summed E-state index contributed by atoms with van der Waals surface area (Å²) >= 11 is 6.23. The zero-order valence-electron chi connectivity index (χ0n) is 7.88. The second-order valence-corrected chi connectivity index (χ2v) is 4.26. The van der Waals surface area contributed by atoms with Crippen molar-refractivity contribution in [1.29, 1.82) is 0 Å². The highest BCUT2D eigenvalue weighted by molar-refractivity contribution is 7.80. The Kier molecular flexibility index (Phi) is 3.84. The molecule has 1 aromatic heterocycles. The topological polar surface area (TPSA) is 53.2 Å². The highest BCUT2D eigenvalue weighted by Gasteiger charge is 2.06. The second kappa shape index (κ2) is 4.92. The van der Waals surface area contributed by atoms with Gasteiger partial charge in [-0.2, -0.15) is 0 Å². The van der Waals surface area contributed by atoms with Crippen LogP contribution in [-0.4, -0.2) is 18.1 Å². The molecule has 14 heavy (non-hydrogen) atoms. The van der Waals surface area contributed by atoms with E-state index in [-0.39, 0.29) is 5.91 Å². The molecule has 3 N–H and O–H groups in total. The van der Waals surface area contributed by atoms with Crippen molar-refractivity contribution in [2.75, 3.05) is 7.05 Å². The number of aryl methyl sites for hydroxylation is 1. The number of rotatable bonds is 1. The molecule has 0 radical (unpaired) electrons. The van der Waals surface area contributed by atoms with Crippen LogP contribution in [0.1, 0.15) is 14.5 Å². The monoisotopic (exact) mass is 229 g/mol. The predicted molar refractivity (Wildman–Crippen MR) is 61.3 cm³/mol. The minimum atomic E-state index is -0.180. The third-order valence-electron chi connectivity index (χ3n) is 1.48. The molecule has 4 nitrogen and oxygen atoms in total. The molecule has 6 heteroatoms. The van der Waals surface area contributed by atoms with Crippen molar-refractivity contribution in [2.45, 2.75) is 6.92 Å². The molecule has 1 aromatic rings. The van der Waals surface area contributed by atoms with Crippen LogP contribution in [0.15, 0.2) is 12.1 Å². The summed E-state index contributed by atoms with van der Waals surface area (Å²) in [7, 11) is 1.68. The van der Waals surface area contributed by atoms with E-state index in [1.807, 2.05) is 13.0 Å². The van der Waals surface area contributed by atoms with Crippen LogP contribution in [0, 0.1) is 6.92 Å². The van der Waals surface area contributed by atoms with Gasteiger partial charge in [-0.05, 0) is 31.3 Å². The first-order chi connectivity index (χ1) is 6.63. The quantitative estimate of drug-likeness (QED) is 0.492. The Balaban J connectivity index is 2.47. The van der Waals surface area contributed by atoms with Gasteiger partial charge in [0.05, 0.1) is 4.88 Å². The molecule has 0 spiro atoms. The third kappa shape index (κ3) is 2.97. The van der Waals surface area contributed by atoms with E-state index in [0.29, 0.717) is 9.99 Å². The standard InChI is InChI=1S/C8H11N3OS2/c1-5-3-4-6(14-5)7(12)10-11-8(13)9-2/h3-4H,1-2H3,(H,10,12)(H2,9,11,13). The average molecular weight is 229 g/mol. The van der Waals surface area contributed by atoms with Gasteiger partial charge in [-0.15, -0.1) is 11.3 Å². The van der Waals surface area contributed by atoms with E-state index < -0.39 is 0 Å². The molecule has 0 unspecified atom stereocenters. The summed E-state index contributed by atoms with van der Waals surface area (Å²) in [5.41, 5.74) is 5.05. The summed E-state index contributed by atoms with van der Waals surface area (Å²) in [6.07, 6.45) is 0. The lowest BCUT2D eigenvalue weighted by Gasteiger charge is -2.06. The first kappa shape index (κ1) is 10.9. The summed E-state index contributed by atoms with van der Waals surface area (Å²) < 4.78 is 0. The van der Waals surface area contributed by atoms with Gasteiger partial charge in [0, 0.05) is 11.9 Å². The zero-order chi connectivity index (χ0) is 10.6. The number of hydrogen-bond donors (Lipinski definition) is 3. The molecule has 0 bridgehead atoms. The number of thiocarbonyl (C=S) groups is 1. The first-order valence-corrected chi connectivity index (χ1v) is 5.20. The smallest absolute Gasteiger partial charge is 0.279 e. The number of amides is 1. The summed E-state index contributed by atoms with van der Waals surface area (Å²) in [5, 5.41) is 3.07. The molecular weight excluding hydrogens is 218 g/mol. The van der Waals surface area contributed by atoms with E-state index >= 15 is 0 Å². The Morgan fingerprint density at radius 2 is 2.14 bits per heavy atom. The van der Waals surface area contributed by atoms with E-state index in [1.54, 1.807) is 13.1 Å². The molecule has 0 aliphatic heterocycles. The molecule has 1 heterocycles. The first-order valence-electron chi connectivity index (χ1n) is 3.98. The average Bonchev–Trinajstić information content (AvgIpc) is 2.60. The maximum Gasteiger partial charge on any atom is 0.279 e. The molecule has 0 aromatic carbocycles. The molecule has 1 rings (SSSR count). The van der Waals surface area contributed by atoms with Gasteiger partial charge in [0.15, 0.2) is 5.11 Å². The van der Waals surface area contributed by atoms with Gasteiger partial charge in [-0.25, -0.2) is 0 Å². The fraction of sp³-hybridized carbons (Fsp3) is 0.250. The number of carbonyl (C=O) groups excluding carboxylic acids is 1. The van der Waals surface area contributed by atoms with E-state index in [0.717, 1.165) is 4.88 Å². The molecule has 0 saturated carbocycles. The zero-order valence-corrected chi connectivity index (χ0v) is 9.51. The Bertz CT molecular complexity index is 348. The number of carbonyl (C=O) groups is 1. The van der Waals surface area contributed by atoms with Crippen LogP contribution in [0.4, 0.5) is 0 Å². The molecule has 0 saturated heterocycles.